The number of carbonyl (C=O) groups excluding carboxylic acids is 1. The van der Waals surface area contributed by atoms with E-state index in [0.29, 0.717) is 23.8 Å². The molecule has 0 radical (unpaired) electrons. The van der Waals surface area contributed by atoms with Crippen LogP contribution in [0.2, 0.25) is 0 Å². The molecule has 0 bridgehead atoms. The van der Waals surface area contributed by atoms with Crippen molar-refractivity contribution >= 4 is 17.6 Å². The Morgan fingerprint density at radius 2 is 2.00 bits per heavy atom. The Morgan fingerprint density at radius 3 is 2.59 bits per heavy atom. The van der Waals surface area contributed by atoms with Gasteiger partial charge in [0.1, 0.15) is 6.61 Å². The molecular weight excluding hydrogens is 348 g/mol. The highest BCUT2D eigenvalue weighted by atomic mass is 16.5. The summed E-state index contributed by atoms with van der Waals surface area (Å²) >= 11 is 0. The number of nitrogens with zero attached hydrogens (tertiary/aromatic N) is 1. The van der Waals surface area contributed by atoms with Crippen molar-refractivity contribution in [3.63, 3.8) is 0 Å². The van der Waals surface area contributed by atoms with Crippen LogP contribution in [-0.4, -0.2) is 29.1 Å². The minimum Gasteiger partial charge on any atom is -0.493 e. The minimum absolute atomic E-state index is 0.304. The second kappa shape index (κ2) is 7.26. The predicted octanol–water partition coefficient (Wildman–Crippen LogP) is 2.96. The Hall–Kier alpha value is -3.09. The Labute approximate surface area is 157 Å². The average Bonchev–Trinajstić information content (AvgIpc) is 3.24. The zero-order valence-corrected chi connectivity index (χ0v) is 15.4. The van der Waals surface area contributed by atoms with Gasteiger partial charge in [-0.2, -0.15) is 0 Å². The number of hydrogen-bond acceptors (Lipinski definition) is 5. The number of aliphatic carboxylic acids is 1. The number of carboxylic acids is 1. The highest BCUT2D eigenvalue weighted by Crippen LogP contribution is 2.58. The second-order valence-corrected chi connectivity index (χ2v) is 7.12. The number of ether oxygens (including phenoxy) is 2. The summed E-state index contributed by atoms with van der Waals surface area (Å²) in [6, 6.07) is 8.77. The second-order valence-electron chi connectivity index (χ2n) is 7.12. The minimum atomic E-state index is -0.949. The molecular formula is C20H22N2O5. The van der Waals surface area contributed by atoms with Crippen molar-refractivity contribution in [2.45, 2.75) is 20.5 Å². The van der Waals surface area contributed by atoms with Gasteiger partial charge in [0, 0.05) is 29.7 Å². The molecule has 27 heavy (non-hydrogen) atoms. The lowest BCUT2D eigenvalue weighted by Crippen LogP contribution is -2.17. The van der Waals surface area contributed by atoms with Gasteiger partial charge in [-0.1, -0.05) is 19.9 Å². The van der Waals surface area contributed by atoms with Gasteiger partial charge in [-0.15, -0.1) is 0 Å². The van der Waals surface area contributed by atoms with E-state index >= 15 is 0 Å². The van der Waals surface area contributed by atoms with E-state index in [-0.39, 0.29) is 5.91 Å². The fourth-order valence-electron chi connectivity index (χ4n) is 3.32. The smallest absolute Gasteiger partial charge is 0.307 e. The van der Waals surface area contributed by atoms with Crippen LogP contribution < -0.4 is 14.8 Å². The number of methoxy groups -OCH3 is 1. The molecule has 1 aromatic carbocycles. The Kier molecular flexibility index (Phi) is 5.03. The molecule has 0 unspecified atom stereocenters. The lowest BCUT2D eigenvalue weighted by molar-refractivity contribution is -0.140. The standard InChI is InChI=1S/C20H22N2O5/c1-20(2)16(17(20)19(24)25)18(23)22-13-6-7-14(26-3)15(9-13)27-11-12-5-4-8-21-10-12/h4-10,16-17H,11H2,1-3H3,(H,22,23)(H,24,25)/t16-,17+/m0/s1. The number of benzene rings is 1. The summed E-state index contributed by atoms with van der Waals surface area (Å²) in [5.41, 5.74) is 0.869. The molecule has 2 N–H and O–H groups in total. The number of carbonyl (C=O) groups is 2. The summed E-state index contributed by atoms with van der Waals surface area (Å²) in [6.45, 7) is 3.87. The van der Waals surface area contributed by atoms with E-state index < -0.39 is 23.2 Å². The maximum absolute atomic E-state index is 12.5. The van der Waals surface area contributed by atoms with Gasteiger partial charge in [0.15, 0.2) is 11.5 Å². The number of pyridine rings is 1. The van der Waals surface area contributed by atoms with Gasteiger partial charge in [0.2, 0.25) is 5.91 Å². The molecule has 1 heterocycles. The van der Waals surface area contributed by atoms with Crippen molar-refractivity contribution < 1.29 is 24.2 Å². The summed E-state index contributed by atoms with van der Waals surface area (Å²) in [7, 11) is 1.54. The lowest BCUT2D eigenvalue weighted by Gasteiger charge is -2.13. The van der Waals surface area contributed by atoms with Crippen LogP contribution in [0.1, 0.15) is 19.4 Å². The van der Waals surface area contributed by atoms with E-state index in [1.54, 1.807) is 44.4 Å². The van der Waals surface area contributed by atoms with E-state index in [9.17, 15) is 14.7 Å². The molecule has 7 nitrogen and oxygen atoms in total. The summed E-state index contributed by atoms with van der Waals surface area (Å²) in [6.07, 6.45) is 3.39. The number of carboxylic acid groups (broad SMARTS) is 1. The molecule has 0 saturated heterocycles. The molecule has 3 rings (SSSR count). The molecule has 1 fully saturated rings. The maximum Gasteiger partial charge on any atom is 0.307 e. The van der Waals surface area contributed by atoms with Crippen LogP contribution in [0, 0.1) is 17.3 Å². The maximum atomic E-state index is 12.5. The van der Waals surface area contributed by atoms with Crippen molar-refractivity contribution in [2.24, 2.45) is 17.3 Å². The number of hydrogen-bond donors (Lipinski definition) is 2. The third kappa shape index (κ3) is 3.86. The third-order valence-electron chi connectivity index (χ3n) is 4.92. The van der Waals surface area contributed by atoms with Gasteiger partial charge in [0.25, 0.3) is 0 Å². The van der Waals surface area contributed by atoms with Crippen LogP contribution in [0.3, 0.4) is 0 Å². The predicted molar refractivity (Wildman–Crippen MR) is 98.6 cm³/mol. The van der Waals surface area contributed by atoms with Crippen LogP contribution in [0.15, 0.2) is 42.7 Å². The molecule has 1 saturated carbocycles. The van der Waals surface area contributed by atoms with Crippen LogP contribution in [0.25, 0.3) is 0 Å². The molecule has 1 amide bonds. The zero-order valence-electron chi connectivity index (χ0n) is 15.4. The van der Waals surface area contributed by atoms with Crippen LogP contribution in [-0.2, 0) is 16.2 Å². The van der Waals surface area contributed by atoms with Crippen LogP contribution in [0.5, 0.6) is 11.5 Å². The monoisotopic (exact) mass is 370 g/mol. The SMILES string of the molecule is COc1ccc(NC(=O)[C@@H]2[C@H](C(=O)O)C2(C)C)cc1OCc1cccnc1. The van der Waals surface area contributed by atoms with Crippen molar-refractivity contribution in [3.8, 4) is 11.5 Å². The van der Waals surface area contributed by atoms with Crippen molar-refractivity contribution in [1.82, 2.24) is 4.98 Å². The van der Waals surface area contributed by atoms with E-state index in [1.807, 2.05) is 12.1 Å². The summed E-state index contributed by atoms with van der Waals surface area (Å²) in [5.74, 6) is -1.48. The first kappa shape index (κ1) is 18.7. The number of rotatable bonds is 7. The third-order valence-corrected chi connectivity index (χ3v) is 4.92. The average molecular weight is 370 g/mol. The Balaban J connectivity index is 1.71. The molecule has 2 aromatic rings. The van der Waals surface area contributed by atoms with Gasteiger partial charge >= 0.3 is 5.97 Å². The highest BCUT2D eigenvalue weighted by molar-refractivity contribution is 5.99. The lowest BCUT2D eigenvalue weighted by atomic mass is 10.1. The molecule has 1 aliphatic carbocycles. The number of nitrogens with one attached hydrogen (secondary N) is 1. The first-order valence-electron chi connectivity index (χ1n) is 8.58. The van der Waals surface area contributed by atoms with Gasteiger partial charge in [-0.05, 0) is 23.6 Å². The fourth-order valence-corrected chi connectivity index (χ4v) is 3.32. The first-order valence-corrected chi connectivity index (χ1v) is 8.58. The van der Waals surface area contributed by atoms with Crippen LogP contribution >= 0.6 is 0 Å². The van der Waals surface area contributed by atoms with Crippen molar-refractivity contribution in [2.75, 3.05) is 12.4 Å². The largest absolute Gasteiger partial charge is 0.493 e. The molecule has 0 aliphatic heterocycles. The Bertz CT molecular complexity index is 851. The molecule has 2 atom stereocenters. The van der Waals surface area contributed by atoms with E-state index in [4.69, 9.17) is 9.47 Å². The van der Waals surface area contributed by atoms with E-state index in [1.165, 1.54) is 7.11 Å². The van der Waals surface area contributed by atoms with Crippen LogP contribution in [0.4, 0.5) is 5.69 Å². The van der Waals surface area contributed by atoms with E-state index in [0.717, 1.165) is 5.56 Å². The number of anilines is 1. The van der Waals surface area contributed by atoms with Gasteiger partial charge in [-0.25, -0.2) is 0 Å². The molecule has 1 aromatic heterocycles. The topological polar surface area (TPSA) is 97.8 Å². The van der Waals surface area contributed by atoms with Gasteiger partial charge in [-0.3, -0.25) is 14.6 Å². The summed E-state index contributed by atoms with van der Waals surface area (Å²) in [4.78, 5) is 27.8. The zero-order chi connectivity index (χ0) is 19.6. The summed E-state index contributed by atoms with van der Waals surface area (Å²) in [5, 5.41) is 12.0. The molecule has 1 aliphatic rings. The molecule has 142 valence electrons. The van der Waals surface area contributed by atoms with Crippen molar-refractivity contribution in [1.29, 1.82) is 0 Å². The molecule has 0 spiro atoms. The van der Waals surface area contributed by atoms with Crippen molar-refractivity contribution in [3.05, 3.63) is 48.3 Å². The first-order chi connectivity index (χ1) is 12.8. The highest BCUT2D eigenvalue weighted by Gasteiger charge is 2.65. The molecule has 7 heteroatoms. The normalized spacial score (nSPS) is 19.8. The summed E-state index contributed by atoms with van der Waals surface area (Å²) < 4.78 is 11.1. The van der Waals surface area contributed by atoms with Gasteiger partial charge in [0.05, 0.1) is 18.9 Å². The van der Waals surface area contributed by atoms with E-state index in [2.05, 4.69) is 10.3 Å². The van der Waals surface area contributed by atoms with Gasteiger partial charge < -0.3 is 19.9 Å². The Morgan fingerprint density at radius 1 is 1.22 bits per heavy atom. The fraction of sp³-hybridized carbons (Fsp3) is 0.350. The number of aromatic nitrogens is 1. The quantitative estimate of drug-likeness (QED) is 0.778. The number of amides is 1.